The van der Waals surface area contributed by atoms with E-state index in [2.05, 4.69) is 10.3 Å². The summed E-state index contributed by atoms with van der Waals surface area (Å²) in [5.41, 5.74) is 0.761. The number of halogens is 1. The molecule has 0 aliphatic carbocycles. The topological polar surface area (TPSA) is 71.3 Å². The summed E-state index contributed by atoms with van der Waals surface area (Å²) in [6, 6.07) is 3.58. The van der Waals surface area contributed by atoms with Gasteiger partial charge in [-0.15, -0.1) is 0 Å². The minimum atomic E-state index is -0.448. The van der Waals surface area contributed by atoms with Crippen molar-refractivity contribution in [1.29, 1.82) is 0 Å². The van der Waals surface area contributed by atoms with Gasteiger partial charge in [0.2, 0.25) is 0 Å². The van der Waals surface area contributed by atoms with Crippen molar-refractivity contribution in [2.24, 2.45) is 0 Å². The third-order valence-corrected chi connectivity index (χ3v) is 3.30. The number of hydrogen-bond acceptors (Lipinski definition) is 5. The zero-order valence-corrected chi connectivity index (χ0v) is 11.5. The smallest absolute Gasteiger partial charge is 0.274 e. The Bertz CT molecular complexity index is 513. The second-order valence-electron chi connectivity index (χ2n) is 5.04. The molecule has 0 unspecified atom stereocenters. The summed E-state index contributed by atoms with van der Waals surface area (Å²) in [6.45, 7) is 5.27. The van der Waals surface area contributed by atoms with Crippen molar-refractivity contribution in [3.63, 3.8) is 0 Å². The van der Waals surface area contributed by atoms with Crippen LogP contribution in [0.25, 0.3) is 0 Å². The Labute approximate surface area is 116 Å². The van der Waals surface area contributed by atoms with E-state index < -0.39 is 4.92 Å². The molecule has 1 fully saturated rings. The molecule has 1 aromatic rings. The summed E-state index contributed by atoms with van der Waals surface area (Å²) >= 11 is 5.74. The second-order valence-corrected chi connectivity index (χ2v) is 5.43. The Hall–Kier alpha value is -1.82. The molecular weight excluding hydrogens is 268 g/mol. The van der Waals surface area contributed by atoms with Crippen LogP contribution in [0.15, 0.2) is 30.4 Å². The maximum absolute atomic E-state index is 10.6. The van der Waals surface area contributed by atoms with Crippen molar-refractivity contribution in [1.82, 2.24) is 15.2 Å². The van der Waals surface area contributed by atoms with Crippen LogP contribution < -0.4 is 5.32 Å². The maximum atomic E-state index is 10.6. The van der Waals surface area contributed by atoms with E-state index in [9.17, 15) is 10.1 Å². The molecule has 1 aliphatic heterocycles. The zero-order chi connectivity index (χ0) is 14.0. The quantitative estimate of drug-likeness (QED) is 0.521. The highest BCUT2D eigenvalue weighted by Crippen LogP contribution is 2.27. The van der Waals surface area contributed by atoms with Crippen molar-refractivity contribution >= 4 is 11.6 Å². The van der Waals surface area contributed by atoms with Gasteiger partial charge < -0.3 is 10.2 Å². The maximum Gasteiger partial charge on any atom is 0.274 e. The van der Waals surface area contributed by atoms with Crippen LogP contribution in [0.3, 0.4) is 0 Å². The standard InChI is InChI=1S/C12H15ClN4O2/c1-12(2)8-15-11(7-17(18)19)16(12)6-9-3-4-10(13)14-5-9/h3-5,7,15H,6,8H2,1-2H3/b11-7+. The summed E-state index contributed by atoms with van der Waals surface area (Å²) in [4.78, 5) is 16.2. The first-order valence-electron chi connectivity index (χ1n) is 5.86. The average Bonchev–Trinajstić information content (AvgIpc) is 2.59. The normalized spacial score (nSPS) is 19.5. The van der Waals surface area contributed by atoms with Crippen LogP contribution in [-0.4, -0.2) is 26.9 Å². The minimum absolute atomic E-state index is 0.193. The molecule has 0 aromatic carbocycles. The van der Waals surface area contributed by atoms with Gasteiger partial charge in [0.25, 0.3) is 6.20 Å². The number of nitrogens with zero attached hydrogens (tertiary/aromatic N) is 3. The first-order chi connectivity index (χ1) is 8.88. The van der Waals surface area contributed by atoms with Gasteiger partial charge in [-0.2, -0.15) is 0 Å². The number of rotatable bonds is 3. The van der Waals surface area contributed by atoms with Crippen LogP contribution in [-0.2, 0) is 6.54 Å². The Morgan fingerprint density at radius 3 is 2.95 bits per heavy atom. The van der Waals surface area contributed by atoms with E-state index in [0.29, 0.717) is 24.1 Å². The Balaban J connectivity index is 2.23. The molecule has 2 heterocycles. The fourth-order valence-electron chi connectivity index (χ4n) is 2.02. The fourth-order valence-corrected chi connectivity index (χ4v) is 2.13. The summed E-state index contributed by atoms with van der Waals surface area (Å²) in [7, 11) is 0. The van der Waals surface area contributed by atoms with Crippen LogP contribution in [0.4, 0.5) is 0 Å². The van der Waals surface area contributed by atoms with E-state index in [0.717, 1.165) is 11.8 Å². The van der Waals surface area contributed by atoms with Crippen LogP contribution >= 0.6 is 11.6 Å². The molecule has 102 valence electrons. The fraction of sp³-hybridized carbons (Fsp3) is 0.417. The number of pyridine rings is 1. The van der Waals surface area contributed by atoms with E-state index >= 15 is 0 Å². The molecule has 1 aromatic heterocycles. The molecule has 0 atom stereocenters. The molecule has 1 saturated heterocycles. The second kappa shape index (κ2) is 5.05. The largest absolute Gasteiger partial charge is 0.364 e. The van der Waals surface area contributed by atoms with Gasteiger partial charge in [-0.1, -0.05) is 17.7 Å². The Kier molecular flexibility index (Phi) is 3.61. The molecule has 1 N–H and O–H groups in total. The summed E-state index contributed by atoms with van der Waals surface area (Å²) in [5.74, 6) is 0.518. The monoisotopic (exact) mass is 282 g/mol. The van der Waals surface area contributed by atoms with E-state index in [-0.39, 0.29) is 5.54 Å². The van der Waals surface area contributed by atoms with Crippen LogP contribution in [0.2, 0.25) is 5.15 Å². The van der Waals surface area contributed by atoms with E-state index in [4.69, 9.17) is 11.6 Å². The van der Waals surface area contributed by atoms with Crippen molar-refractivity contribution in [3.05, 3.63) is 51.2 Å². The SMILES string of the molecule is CC1(C)CN/C(=C\[N+](=O)[O-])N1Cc1ccc(Cl)nc1. The molecule has 0 spiro atoms. The Morgan fingerprint density at radius 1 is 1.63 bits per heavy atom. The van der Waals surface area contributed by atoms with Crippen molar-refractivity contribution in [2.45, 2.75) is 25.9 Å². The molecular formula is C12H15ClN4O2. The van der Waals surface area contributed by atoms with Gasteiger partial charge in [0.1, 0.15) is 5.15 Å². The predicted octanol–water partition coefficient (Wildman–Crippen LogP) is 1.99. The average molecular weight is 283 g/mol. The highest BCUT2D eigenvalue weighted by molar-refractivity contribution is 6.29. The lowest BCUT2D eigenvalue weighted by Crippen LogP contribution is -2.39. The molecule has 1 aliphatic rings. The highest BCUT2D eigenvalue weighted by Gasteiger charge is 2.36. The number of aromatic nitrogens is 1. The molecule has 6 nitrogen and oxygen atoms in total. The van der Waals surface area contributed by atoms with Crippen molar-refractivity contribution in [2.75, 3.05) is 6.54 Å². The van der Waals surface area contributed by atoms with E-state index in [1.54, 1.807) is 12.3 Å². The first-order valence-corrected chi connectivity index (χ1v) is 6.23. The van der Waals surface area contributed by atoms with Crippen LogP contribution in [0, 0.1) is 10.1 Å². The van der Waals surface area contributed by atoms with Crippen molar-refractivity contribution < 1.29 is 4.92 Å². The van der Waals surface area contributed by atoms with Gasteiger partial charge in [0, 0.05) is 19.3 Å². The van der Waals surface area contributed by atoms with Gasteiger partial charge >= 0.3 is 0 Å². The molecule has 0 radical (unpaired) electrons. The molecule has 0 amide bonds. The molecule has 0 saturated carbocycles. The predicted molar refractivity (Wildman–Crippen MR) is 71.9 cm³/mol. The molecule has 7 heteroatoms. The summed E-state index contributed by atoms with van der Waals surface area (Å²) in [5, 5.41) is 14.1. The lowest BCUT2D eigenvalue weighted by molar-refractivity contribution is -0.404. The summed E-state index contributed by atoms with van der Waals surface area (Å²) in [6.07, 6.45) is 2.68. The van der Waals surface area contributed by atoms with Gasteiger partial charge in [0.15, 0.2) is 5.82 Å². The van der Waals surface area contributed by atoms with Crippen molar-refractivity contribution in [3.8, 4) is 0 Å². The molecule has 0 bridgehead atoms. The minimum Gasteiger partial charge on any atom is -0.364 e. The van der Waals surface area contributed by atoms with Crippen LogP contribution in [0.1, 0.15) is 19.4 Å². The van der Waals surface area contributed by atoms with Gasteiger partial charge in [-0.05, 0) is 25.5 Å². The molecule has 2 rings (SSSR count). The van der Waals surface area contributed by atoms with Gasteiger partial charge in [-0.3, -0.25) is 10.1 Å². The highest BCUT2D eigenvalue weighted by atomic mass is 35.5. The van der Waals surface area contributed by atoms with E-state index in [1.807, 2.05) is 24.8 Å². The third kappa shape index (κ3) is 3.14. The van der Waals surface area contributed by atoms with Gasteiger partial charge in [0.05, 0.1) is 10.5 Å². The third-order valence-electron chi connectivity index (χ3n) is 3.08. The first kappa shape index (κ1) is 13.6. The van der Waals surface area contributed by atoms with E-state index in [1.165, 1.54) is 0 Å². The number of nitro groups is 1. The lowest BCUT2D eigenvalue weighted by Gasteiger charge is -2.31. The number of hydrogen-bond donors (Lipinski definition) is 1. The van der Waals surface area contributed by atoms with Crippen LogP contribution in [0.5, 0.6) is 0 Å². The summed E-state index contributed by atoms with van der Waals surface area (Å²) < 4.78 is 0. The number of nitrogens with one attached hydrogen (secondary N) is 1. The molecule has 19 heavy (non-hydrogen) atoms. The zero-order valence-electron chi connectivity index (χ0n) is 10.8. The Morgan fingerprint density at radius 2 is 2.37 bits per heavy atom. The lowest BCUT2D eigenvalue weighted by atomic mass is 10.0. The van der Waals surface area contributed by atoms with Gasteiger partial charge in [-0.25, -0.2) is 4.98 Å².